The molecule has 0 bridgehead atoms. The van der Waals surface area contributed by atoms with Crippen molar-refractivity contribution in [1.29, 1.82) is 0 Å². The Morgan fingerprint density at radius 3 is 2.49 bits per heavy atom. The lowest BCUT2D eigenvalue weighted by Gasteiger charge is -2.21. The van der Waals surface area contributed by atoms with Crippen molar-refractivity contribution >= 4 is 11.6 Å². The second kappa shape index (κ2) is 9.25. The van der Waals surface area contributed by atoms with Crippen LogP contribution in [0.3, 0.4) is 0 Å². The monoisotopic (exact) mass is 537 g/mol. The van der Waals surface area contributed by atoms with E-state index in [1.54, 1.807) is 0 Å². The number of hydrogen-bond donors (Lipinski definition) is 0. The average molecular weight is 538 g/mol. The zero-order chi connectivity index (χ0) is 26.5. The van der Waals surface area contributed by atoms with Crippen LogP contribution in [0.5, 0.6) is 0 Å². The Kier molecular flexibility index (Phi) is 6.22. The molecule has 0 radical (unpaired) electrons. The highest BCUT2D eigenvalue weighted by Gasteiger charge is 2.43. The minimum atomic E-state index is -4.98. The van der Waals surface area contributed by atoms with Gasteiger partial charge in [0.2, 0.25) is 6.39 Å². The molecule has 2 unspecified atom stereocenters. The lowest BCUT2D eigenvalue weighted by Crippen LogP contribution is -2.25. The number of allylic oxidation sites excluding steroid dienone is 4. The topological polar surface area (TPSA) is 82.8 Å². The predicted molar refractivity (Wildman–Crippen MR) is 123 cm³/mol. The molecule has 37 heavy (non-hydrogen) atoms. The van der Waals surface area contributed by atoms with Crippen LogP contribution in [-0.2, 0) is 6.18 Å². The van der Waals surface area contributed by atoms with Crippen LogP contribution in [0.15, 0.2) is 58.0 Å². The average Bonchev–Trinajstić information content (AvgIpc) is 3.57. The summed E-state index contributed by atoms with van der Waals surface area (Å²) in [5, 5.41) is 15.0. The minimum absolute atomic E-state index is 0.0459. The van der Waals surface area contributed by atoms with E-state index in [4.69, 9.17) is 20.5 Å². The summed E-state index contributed by atoms with van der Waals surface area (Å²) in [5.41, 5.74) is -1.97. The van der Waals surface area contributed by atoms with Crippen molar-refractivity contribution in [2.24, 2.45) is 0 Å². The number of hydrogen-bond acceptors (Lipinski definition) is 6. The van der Waals surface area contributed by atoms with Crippen molar-refractivity contribution in [3.05, 3.63) is 71.1 Å². The zero-order valence-electron chi connectivity index (χ0n) is 19.2. The van der Waals surface area contributed by atoms with E-state index in [0.29, 0.717) is 10.2 Å². The summed E-state index contributed by atoms with van der Waals surface area (Å²) in [7, 11) is 0. The Morgan fingerprint density at radius 2 is 1.86 bits per heavy atom. The van der Waals surface area contributed by atoms with Gasteiger partial charge >= 0.3 is 6.18 Å². The first-order valence-corrected chi connectivity index (χ1v) is 11.3. The molecule has 1 aliphatic rings. The first kappa shape index (κ1) is 24.9. The van der Waals surface area contributed by atoms with Crippen LogP contribution >= 0.6 is 11.6 Å². The smallest absolute Gasteiger partial charge is 0.423 e. The fourth-order valence-corrected chi connectivity index (χ4v) is 4.40. The van der Waals surface area contributed by atoms with Gasteiger partial charge in [-0.1, -0.05) is 48.8 Å². The zero-order valence-corrected chi connectivity index (χ0v) is 19.9. The highest BCUT2D eigenvalue weighted by atomic mass is 35.5. The van der Waals surface area contributed by atoms with E-state index in [2.05, 4.69) is 20.5 Å². The van der Waals surface area contributed by atoms with Crippen molar-refractivity contribution in [2.45, 2.75) is 38.2 Å². The Morgan fingerprint density at radius 1 is 1.11 bits per heavy atom. The Labute approximate surface area is 211 Å². The molecule has 0 fully saturated rings. The van der Waals surface area contributed by atoms with Crippen LogP contribution in [0.4, 0.5) is 22.0 Å². The molecule has 0 spiro atoms. The Bertz CT molecular complexity index is 1480. The normalized spacial score (nSPS) is 17.8. The lowest BCUT2D eigenvalue weighted by molar-refractivity contribution is -0.144. The predicted octanol–water partition coefficient (Wildman–Crippen LogP) is 7.20. The Balaban J connectivity index is 1.75. The van der Waals surface area contributed by atoms with Gasteiger partial charge in [-0.25, -0.2) is 13.5 Å². The highest BCUT2D eigenvalue weighted by molar-refractivity contribution is 6.33. The van der Waals surface area contributed by atoms with E-state index in [-0.39, 0.29) is 33.7 Å². The molecule has 1 aromatic carbocycles. The van der Waals surface area contributed by atoms with Gasteiger partial charge in [0.25, 0.3) is 5.89 Å². The van der Waals surface area contributed by atoms with Crippen LogP contribution in [0.1, 0.15) is 37.1 Å². The van der Waals surface area contributed by atoms with Crippen LogP contribution in [0, 0.1) is 5.82 Å². The largest absolute Gasteiger partial charge is 0.433 e. The molecular weight excluding hydrogens is 521 g/mol. The standard InChI is InChI=1S/C24H17ClF5N5O2/c1-11(2)12-7-14(25)18(16(27)8-12)20-19(23-33-31-10-36-23)21(37-34-20)13-9-32-35(22(13)24(28,29)30)17-6-4-3-5-15(17)26/h3-11,15,17H,1-2H3. The van der Waals surface area contributed by atoms with Gasteiger partial charge in [-0.3, -0.25) is 0 Å². The molecule has 4 aromatic rings. The third-order valence-electron chi connectivity index (χ3n) is 5.87. The van der Waals surface area contributed by atoms with E-state index >= 15 is 4.39 Å². The first-order valence-electron chi connectivity index (χ1n) is 11.0. The number of aromatic nitrogens is 5. The van der Waals surface area contributed by atoms with Crippen molar-refractivity contribution in [3.8, 4) is 34.0 Å². The minimum Gasteiger partial charge on any atom is -0.423 e. The molecule has 3 aromatic heterocycles. The van der Waals surface area contributed by atoms with Crippen molar-refractivity contribution in [2.75, 3.05) is 0 Å². The van der Waals surface area contributed by atoms with Gasteiger partial charge in [0.1, 0.15) is 29.3 Å². The van der Waals surface area contributed by atoms with E-state index in [0.717, 1.165) is 18.7 Å². The first-order chi connectivity index (χ1) is 17.6. The van der Waals surface area contributed by atoms with E-state index in [9.17, 15) is 17.6 Å². The van der Waals surface area contributed by atoms with E-state index in [1.807, 2.05) is 13.8 Å². The second-order valence-electron chi connectivity index (χ2n) is 8.55. The van der Waals surface area contributed by atoms with Crippen molar-refractivity contribution in [3.63, 3.8) is 0 Å². The van der Waals surface area contributed by atoms with Crippen molar-refractivity contribution < 1.29 is 30.9 Å². The maximum absolute atomic E-state index is 15.3. The summed E-state index contributed by atoms with van der Waals surface area (Å²) >= 11 is 6.39. The summed E-state index contributed by atoms with van der Waals surface area (Å²) in [6, 6.07) is 1.42. The fourth-order valence-electron chi connectivity index (χ4n) is 4.10. The summed E-state index contributed by atoms with van der Waals surface area (Å²) in [5.74, 6) is -1.60. The van der Waals surface area contributed by atoms with Gasteiger partial charge in [-0.15, -0.1) is 10.2 Å². The third kappa shape index (κ3) is 4.35. The second-order valence-corrected chi connectivity index (χ2v) is 8.95. The van der Waals surface area contributed by atoms with E-state index in [1.165, 1.54) is 30.4 Å². The molecule has 1 aliphatic carbocycles. The fraction of sp³-hybridized carbons (Fsp3) is 0.250. The van der Waals surface area contributed by atoms with Crippen LogP contribution < -0.4 is 0 Å². The molecule has 7 nitrogen and oxygen atoms in total. The molecule has 0 amide bonds. The van der Waals surface area contributed by atoms with Gasteiger partial charge in [0.05, 0.1) is 22.3 Å². The number of benzene rings is 1. The van der Waals surface area contributed by atoms with Gasteiger partial charge in [0.15, 0.2) is 11.5 Å². The molecule has 3 heterocycles. The number of halogens is 6. The van der Waals surface area contributed by atoms with Gasteiger partial charge in [-0.2, -0.15) is 18.3 Å². The molecular formula is C24H17ClF5N5O2. The highest BCUT2D eigenvalue weighted by Crippen LogP contribution is 2.47. The van der Waals surface area contributed by atoms with Crippen molar-refractivity contribution in [1.82, 2.24) is 25.1 Å². The summed E-state index contributed by atoms with van der Waals surface area (Å²) in [6.07, 6.45) is 0.250. The Hall–Kier alpha value is -3.80. The van der Waals surface area contributed by atoms with Crippen LogP contribution in [0.2, 0.25) is 5.02 Å². The maximum Gasteiger partial charge on any atom is 0.433 e. The van der Waals surface area contributed by atoms with Gasteiger partial charge < -0.3 is 8.94 Å². The molecule has 2 atom stereocenters. The van der Waals surface area contributed by atoms with Crippen LogP contribution in [-0.4, -0.2) is 31.3 Å². The molecule has 13 heteroatoms. The molecule has 0 saturated heterocycles. The molecule has 192 valence electrons. The van der Waals surface area contributed by atoms with Gasteiger partial charge in [0, 0.05) is 0 Å². The van der Waals surface area contributed by atoms with E-state index < -0.39 is 41.2 Å². The summed E-state index contributed by atoms with van der Waals surface area (Å²) < 4.78 is 83.9. The quantitative estimate of drug-likeness (QED) is 0.250. The molecule has 0 aliphatic heterocycles. The summed E-state index contributed by atoms with van der Waals surface area (Å²) in [6.45, 7) is 3.69. The molecule has 0 N–H and O–H groups in total. The van der Waals surface area contributed by atoms with Gasteiger partial charge in [-0.05, 0) is 29.7 Å². The number of nitrogens with zero attached hydrogens (tertiary/aromatic N) is 5. The third-order valence-corrected chi connectivity index (χ3v) is 6.16. The number of alkyl halides is 4. The molecule has 5 rings (SSSR count). The summed E-state index contributed by atoms with van der Waals surface area (Å²) in [4.78, 5) is 0. The molecule has 0 saturated carbocycles. The lowest BCUT2D eigenvalue weighted by atomic mass is 9.97. The maximum atomic E-state index is 15.3. The number of rotatable bonds is 5. The SMILES string of the molecule is CC(C)c1cc(F)c(-c2noc(-c3cnn(C4C=CC=CC4F)c3C(F)(F)F)c2-c2nnco2)c(Cl)c1. The van der Waals surface area contributed by atoms with Crippen LogP contribution in [0.25, 0.3) is 34.0 Å².